The molecule has 0 atom stereocenters. The third-order valence-corrected chi connectivity index (χ3v) is 3.93. The van der Waals surface area contributed by atoms with E-state index in [1.165, 1.54) is 0 Å². The summed E-state index contributed by atoms with van der Waals surface area (Å²) in [6.45, 7) is 2.58. The normalized spacial score (nSPS) is 10.5. The van der Waals surface area contributed by atoms with Gasteiger partial charge in [0.25, 0.3) is 5.91 Å². The van der Waals surface area contributed by atoms with E-state index < -0.39 is 0 Å². The van der Waals surface area contributed by atoms with Gasteiger partial charge in [-0.25, -0.2) is 14.6 Å². The second-order valence-electron chi connectivity index (χ2n) is 4.90. The molecule has 0 aliphatic rings. The minimum Gasteiger partial charge on any atom is -0.289 e. The minimum absolute atomic E-state index is 0.255. The molecule has 3 aromatic rings. The predicted octanol–water partition coefficient (Wildman–Crippen LogP) is 2.48. The zero-order valence-corrected chi connectivity index (χ0v) is 13.9. The van der Waals surface area contributed by atoms with Crippen LogP contribution in [0.25, 0.3) is 0 Å². The number of hydrogen-bond acceptors (Lipinski definition) is 6. The lowest BCUT2D eigenvalue weighted by atomic mass is 10.2. The lowest BCUT2D eigenvalue weighted by molar-refractivity contribution is 0.102. The Kier molecular flexibility index (Phi) is 5.17. The number of nitrogens with zero attached hydrogens (tertiary/aromatic N) is 5. The molecular formula is C16H16N6OS. The molecule has 0 aliphatic carbocycles. The summed E-state index contributed by atoms with van der Waals surface area (Å²) in [5.74, 6) is 0.915. The Morgan fingerprint density at radius 2 is 2.21 bits per heavy atom. The van der Waals surface area contributed by atoms with Crippen LogP contribution in [0.15, 0.2) is 54.2 Å². The summed E-state index contributed by atoms with van der Waals surface area (Å²) in [4.78, 5) is 24.7. The van der Waals surface area contributed by atoms with Crippen molar-refractivity contribution in [3.05, 3.63) is 60.3 Å². The van der Waals surface area contributed by atoms with Crippen molar-refractivity contribution in [3.8, 4) is 0 Å². The average Bonchev–Trinajstić information content (AvgIpc) is 3.03. The molecule has 0 aromatic carbocycles. The molecule has 0 spiro atoms. The lowest BCUT2D eigenvalue weighted by Gasteiger charge is -2.03. The molecule has 8 heteroatoms. The molecule has 3 aromatic heterocycles. The summed E-state index contributed by atoms with van der Waals surface area (Å²) >= 11 is 1.59. The van der Waals surface area contributed by atoms with Crippen LogP contribution in [0.4, 0.5) is 5.95 Å². The average molecular weight is 340 g/mol. The maximum absolute atomic E-state index is 12.3. The molecule has 7 nitrogen and oxygen atoms in total. The van der Waals surface area contributed by atoms with Gasteiger partial charge < -0.3 is 0 Å². The first kappa shape index (κ1) is 16.1. The quantitative estimate of drug-likeness (QED) is 0.694. The molecule has 0 radical (unpaired) electrons. The van der Waals surface area contributed by atoms with Gasteiger partial charge in [-0.15, -0.1) is 16.9 Å². The third kappa shape index (κ3) is 4.17. The van der Waals surface area contributed by atoms with Gasteiger partial charge in [-0.3, -0.25) is 15.1 Å². The molecule has 0 saturated carbocycles. The highest BCUT2D eigenvalue weighted by atomic mass is 32.2. The molecule has 122 valence electrons. The number of pyridine rings is 2. The molecule has 1 N–H and O–H groups in total. The van der Waals surface area contributed by atoms with Crippen molar-refractivity contribution in [2.75, 3.05) is 11.1 Å². The van der Waals surface area contributed by atoms with Gasteiger partial charge in [-0.05, 0) is 29.5 Å². The number of rotatable bonds is 6. The third-order valence-electron chi connectivity index (χ3n) is 3.12. The Hall–Kier alpha value is -2.74. The van der Waals surface area contributed by atoms with Gasteiger partial charge in [0.05, 0.1) is 11.6 Å². The summed E-state index contributed by atoms with van der Waals surface area (Å²) in [6, 6.07) is 7.25. The highest BCUT2D eigenvalue weighted by molar-refractivity contribution is 7.99. The van der Waals surface area contributed by atoms with E-state index in [1.807, 2.05) is 19.1 Å². The van der Waals surface area contributed by atoms with Crippen LogP contribution in [-0.2, 0) is 6.54 Å². The van der Waals surface area contributed by atoms with Crippen LogP contribution in [0.2, 0.25) is 0 Å². The summed E-state index contributed by atoms with van der Waals surface area (Å²) in [7, 11) is 0. The molecule has 0 unspecified atom stereocenters. The number of amides is 1. The van der Waals surface area contributed by atoms with E-state index in [2.05, 4.69) is 25.4 Å². The smallest absolute Gasteiger partial charge is 0.258 e. The van der Waals surface area contributed by atoms with Crippen LogP contribution in [-0.4, -0.2) is 36.4 Å². The molecule has 1 amide bonds. The number of thioether (sulfide) groups is 1. The van der Waals surface area contributed by atoms with E-state index in [-0.39, 0.29) is 11.9 Å². The number of carbonyl (C=O) groups excluding carboxylic acids is 1. The monoisotopic (exact) mass is 340 g/mol. The van der Waals surface area contributed by atoms with Crippen molar-refractivity contribution in [1.82, 2.24) is 24.7 Å². The van der Waals surface area contributed by atoms with Crippen LogP contribution in [0, 0.1) is 0 Å². The molecular weight excluding hydrogens is 324 g/mol. The van der Waals surface area contributed by atoms with Crippen molar-refractivity contribution >= 4 is 23.6 Å². The molecule has 24 heavy (non-hydrogen) atoms. The standard InChI is InChI=1S/C16H16N6OS/c1-2-24-14-8-13(5-7-18-14)15(23)20-16-19-11-22(21-16)10-12-4-3-6-17-9-12/h3-9,11H,2,10H2,1H3,(H,20,21,23). The Bertz CT molecular complexity index is 820. The maximum Gasteiger partial charge on any atom is 0.258 e. The highest BCUT2D eigenvalue weighted by Gasteiger charge is 2.10. The fraction of sp³-hybridized carbons (Fsp3) is 0.188. The Morgan fingerprint density at radius 1 is 1.29 bits per heavy atom. The lowest BCUT2D eigenvalue weighted by Crippen LogP contribution is -2.13. The fourth-order valence-electron chi connectivity index (χ4n) is 2.06. The van der Waals surface area contributed by atoms with Gasteiger partial charge >= 0.3 is 0 Å². The first-order valence-corrected chi connectivity index (χ1v) is 8.41. The van der Waals surface area contributed by atoms with E-state index in [0.29, 0.717) is 12.1 Å². The number of carbonyl (C=O) groups is 1. The number of nitrogens with one attached hydrogen (secondary N) is 1. The summed E-state index contributed by atoms with van der Waals surface area (Å²) in [6.07, 6.45) is 6.69. The van der Waals surface area contributed by atoms with Crippen LogP contribution in [0.1, 0.15) is 22.8 Å². The van der Waals surface area contributed by atoms with E-state index in [4.69, 9.17) is 0 Å². The van der Waals surface area contributed by atoms with E-state index in [0.717, 1.165) is 16.3 Å². The zero-order valence-electron chi connectivity index (χ0n) is 13.1. The molecule has 0 fully saturated rings. The van der Waals surface area contributed by atoms with Gasteiger partial charge in [0.2, 0.25) is 5.95 Å². The van der Waals surface area contributed by atoms with E-state index >= 15 is 0 Å². The van der Waals surface area contributed by atoms with Gasteiger partial charge in [0.15, 0.2) is 0 Å². The molecule has 3 heterocycles. The van der Waals surface area contributed by atoms with Gasteiger partial charge in [0.1, 0.15) is 6.33 Å². The first-order valence-electron chi connectivity index (χ1n) is 7.43. The van der Waals surface area contributed by atoms with Crippen LogP contribution >= 0.6 is 11.8 Å². The van der Waals surface area contributed by atoms with Crippen molar-refractivity contribution in [1.29, 1.82) is 0 Å². The number of anilines is 1. The summed E-state index contributed by atoms with van der Waals surface area (Å²) < 4.78 is 1.65. The molecule has 3 rings (SSSR count). The minimum atomic E-state index is -0.255. The highest BCUT2D eigenvalue weighted by Crippen LogP contribution is 2.16. The van der Waals surface area contributed by atoms with Crippen LogP contribution in [0.5, 0.6) is 0 Å². The second-order valence-corrected chi connectivity index (χ2v) is 6.18. The molecule has 0 saturated heterocycles. The Balaban J connectivity index is 1.66. The van der Waals surface area contributed by atoms with Crippen LogP contribution in [0.3, 0.4) is 0 Å². The second kappa shape index (κ2) is 7.69. The number of hydrogen-bond donors (Lipinski definition) is 1. The van der Waals surface area contributed by atoms with Crippen molar-refractivity contribution < 1.29 is 4.79 Å². The van der Waals surface area contributed by atoms with E-state index in [9.17, 15) is 4.79 Å². The van der Waals surface area contributed by atoms with Crippen molar-refractivity contribution in [2.45, 2.75) is 18.5 Å². The molecule has 0 aliphatic heterocycles. The Labute approximate surface area is 143 Å². The SMILES string of the molecule is CCSc1cc(C(=O)Nc2ncn(Cc3cccnc3)n2)ccn1. The van der Waals surface area contributed by atoms with Gasteiger partial charge in [-0.2, -0.15) is 0 Å². The maximum atomic E-state index is 12.3. The zero-order chi connectivity index (χ0) is 16.8. The van der Waals surface area contributed by atoms with Crippen molar-refractivity contribution in [2.24, 2.45) is 0 Å². The van der Waals surface area contributed by atoms with Gasteiger partial charge in [0, 0.05) is 24.2 Å². The predicted molar refractivity (Wildman–Crippen MR) is 91.9 cm³/mol. The fourth-order valence-corrected chi connectivity index (χ4v) is 2.70. The van der Waals surface area contributed by atoms with Crippen molar-refractivity contribution in [3.63, 3.8) is 0 Å². The topological polar surface area (TPSA) is 85.6 Å². The van der Waals surface area contributed by atoms with Crippen LogP contribution < -0.4 is 5.32 Å². The molecule has 0 bridgehead atoms. The largest absolute Gasteiger partial charge is 0.289 e. The summed E-state index contributed by atoms with van der Waals surface area (Å²) in [5.41, 5.74) is 1.54. The first-order chi connectivity index (χ1) is 11.7. The Morgan fingerprint density at radius 3 is 3.00 bits per heavy atom. The van der Waals surface area contributed by atoms with Gasteiger partial charge in [-0.1, -0.05) is 13.0 Å². The summed E-state index contributed by atoms with van der Waals surface area (Å²) in [5, 5.41) is 7.77. The number of aromatic nitrogens is 5. The van der Waals surface area contributed by atoms with E-state index in [1.54, 1.807) is 53.5 Å².